The van der Waals surface area contributed by atoms with E-state index in [1.165, 1.54) is 16.9 Å². The summed E-state index contributed by atoms with van der Waals surface area (Å²) in [5, 5.41) is 6.87. The molecule has 0 spiro atoms. The molecule has 0 bridgehead atoms. The van der Waals surface area contributed by atoms with Crippen LogP contribution in [0.5, 0.6) is 0 Å². The van der Waals surface area contributed by atoms with Crippen LogP contribution in [0, 0.1) is 11.6 Å². The van der Waals surface area contributed by atoms with Gasteiger partial charge in [0.2, 0.25) is 0 Å². The molecule has 0 saturated carbocycles. The number of para-hydroxylation sites is 1. The molecule has 4 rings (SSSR count). The Morgan fingerprint density at radius 1 is 1.06 bits per heavy atom. The lowest BCUT2D eigenvalue weighted by molar-refractivity contribution is 0.0950. The zero-order valence-electron chi connectivity index (χ0n) is 16.4. The van der Waals surface area contributed by atoms with Crippen molar-refractivity contribution in [1.29, 1.82) is 0 Å². The van der Waals surface area contributed by atoms with Crippen LogP contribution in [0.1, 0.15) is 15.9 Å². The van der Waals surface area contributed by atoms with Crippen LogP contribution in [-0.4, -0.2) is 20.3 Å². The lowest BCUT2D eigenvalue weighted by Gasteiger charge is -2.12. The first-order valence-electron chi connectivity index (χ1n) is 9.50. The van der Waals surface area contributed by atoms with E-state index in [1.807, 2.05) is 6.07 Å². The first-order valence-corrected chi connectivity index (χ1v) is 9.50. The number of hydrogen-bond donors (Lipinski definition) is 1. The summed E-state index contributed by atoms with van der Waals surface area (Å²) in [6, 6.07) is 12.3. The molecule has 31 heavy (non-hydrogen) atoms. The molecule has 0 atom stereocenters. The number of carbonyl (C=O) groups excluding carboxylic acids is 1. The SMILES string of the molecule is C=CCn1cc(C(=O)NCc2c(F)cccc2F)c2nn(-c3ccccc3)c(=O)c-2c1. The molecule has 0 aromatic heterocycles. The van der Waals surface area contributed by atoms with Gasteiger partial charge in [0.1, 0.15) is 17.3 Å². The van der Waals surface area contributed by atoms with Crippen molar-refractivity contribution >= 4 is 5.91 Å². The van der Waals surface area contributed by atoms with E-state index in [9.17, 15) is 18.4 Å². The van der Waals surface area contributed by atoms with E-state index in [0.717, 1.165) is 12.1 Å². The highest BCUT2D eigenvalue weighted by molar-refractivity contribution is 5.99. The number of fused-ring (bicyclic) bond motifs is 1. The normalized spacial score (nSPS) is 10.9. The number of hydrogen-bond acceptors (Lipinski definition) is 3. The average Bonchev–Trinajstić information content (AvgIpc) is 3.10. The van der Waals surface area contributed by atoms with Crippen LogP contribution in [0.3, 0.4) is 0 Å². The summed E-state index contributed by atoms with van der Waals surface area (Å²) < 4.78 is 30.7. The third kappa shape index (κ3) is 3.87. The number of aromatic nitrogens is 3. The highest BCUT2D eigenvalue weighted by Crippen LogP contribution is 2.23. The van der Waals surface area contributed by atoms with Crippen molar-refractivity contribution in [2.75, 3.05) is 0 Å². The van der Waals surface area contributed by atoms with Crippen LogP contribution in [0.4, 0.5) is 8.78 Å². The number of carbonyl (C=O) groups is 1. The highest BCUT2D eigenvalue weighted by Gasteiger charge is 2.24. The van der Waals surface area contributed by atoms with Crippen LogP contribution in [0.15, 0.2) is 78.4 Å². The number of allylic oxidation sites excluding steroid dienone is 1. The molecule has 2 aromatic rings. The molecule has 0 aliphatic carbocycles. The van der Waals surface area contributed by atoms with Crippen molar-refractivity contribution in [2.45, 2.75) is 13.1 Å². The van der Waals surface area contributed by atoms with Gasteiger partial charge in [-0.2, -0.15) is 9.78 Å². The van der Waals surface area contributed by atoms with Gasteiger partial charge in [0.15, 0.2) is 0 Å². The van der Waals surface area contributed by atoms with Gasteiger partial charge in [0.05, 0.1) is 16.8 Å². The Balaban J connectivity index is 1.76. The molecule has 1 amide bonds. The molecule has 2 aromatic carbocycles. The Kier molecular flexibility index (Phi) is 5.44. The highest BCUT2D eigenvalue weighted by atomic mass is 19.1. The maximum atomic E-state index is 13.9. The molecular weight excluding hydrogens is 402 g/mol. The second-order valence-corrected chi connectivity index (χ2v) is 6.86. The number of nitrogens with one attached hydrogen (secondary N) is 1. The summed E-state index contributed by atoms with van der Waals surface area (Å²) in [5.74, 6) is -2.12. The van der Waals surface area contributed by atoms with Crippen molar-refractivity contribution in [3.8, 4) is 16.9 Å². The zero-order chi connectivity index (χ0) is 22.0. The predicted molar refractivity (Wildman–Crippen MR) is 112 cm³/mol. The van der Waals surface area contributed by atoms with Crippen molar-refractivity contribution in [3.05, 3.63) is 107 Å². The Morgan fingerprint density at radius 3 is 2.45 bits per heavy atom. The van der Waals surface area contributed by atoms with Gasteiger partial charge in [-0.3, -0.25) is 9.59 Å². The van der Waals surface area contributed by atoms with Gasteiger partial charge >= 0.3 is 0 Å². The van der Waals surface area contributed by atoms with E-state index < -0.39 is 17.5 Å². The molecule has 2 aliphatic heterocycles. The van der Waals surface area contributed by atoms with Crippen LogP contribution in [0.25, 0.3) is 16.9 Å². The van der Waals surface area contributed by atoms with Gasteiger partial charge in [-0.25, -0.2) is 8.78 Å². The largest absolute Gasteiger partial charge is 0.349 e. The number of halogens is 2. The number of rotatable bonds is 6. The number of benzene rings is 2. The van der Waals surface area contributed by atoms with Gasteiger partial charge in [-0.15, -0.1) is 6.58 Å². The molecule has 1 N–H and O–H groups in total. The maximum absolute atomic E-state index is 13.9. The van der Waals surface area contributed by atoms with Gasteiger partial charge in [0, 0.05) is 31.0 Å². The third-order valence-corrected chi connectivity index (χ3v) is 4.80. The van der Waals surface area contributed by atoms with Crippen LogP contribution >= 0.6 is 0 Å². The van der Waals surface area contributed by atoms with Crippen molar-refractivity contribution in [1.82, 2.24) is 19.7 Å². The van der Waals surface area contributed by atoms with Gasteiger partial charge in [-0.05, 0) is 24.3 Å². The van der Waals surface area contributed by atoms with E-state index >= 15 is 0 Å². The minimum atomic E-state index is -0.754. The quantitative estimate of drug-likeness (QED) is 0.485. The molecule has 2 heterocycles. The first-order chi connectivity index (χ1) is 15.0. The predicted octanol–water partition coefficient (Wildman–Crippen LogP) is 3.53. The third-order valence-electron chi connectivity index (χ3n) is 4.80. The molecule has 8 heteroatoms. The van der Waals surface area contributed by atoms with E-state index in [2.05, 4.69) is 17.0 Å². The summed E-state index contributed by atoms with van der Waals surface area (Å²) >= 11 is 0. The average molecular weight is 420 g/mol. The van der Waals surface area contributed by atoms with E-state index in [0.29, 0.717) is 12.2 Å². The minimum absolute atomic E-state index is 0.114. The molecular formula is C23H18F2N4O2. The second-order valence-electron chi connectivity index (χ2n) is 6.86. The first kappa shape index (κ1) is 20.2. The Morgan fingerprint density at radius 2 is 1.77 bits per heavy atom. The van der Waals surface area contributed by atoms with Crippen LogP contribution in [-0.2, 0) is 13.1 Å². The Hall–Kier alpha value is -4.07. The van der Waals surface area contributed by atoms with Crippen molar-refractivity contribution < 1.29 is 13.6 Å². The van der Waals surface area contributed by atoms with Crippen molar-refractivity contribution in [3.63, 3.8) is 0 Å². The number of pyridine rings is 1. The van der Waals surface area contributed by atoms with Gasteiger partial charge in [-0.1, -0.05) is 30.3 Å². The molecule has 0 unspecified atom stereocenters. The fourth-order valence-electron chi connectivity index (χ4n) is 3.29. The molecule has 156 valence electrons. The van der Waals surface area contributed by atoms with Gasteiger partial charge in [0.25, 0.3) is 11.5 Å². The van der Waals surface area contributed by atoms with E-state index in [-0.39, 0.29) is 34.5 Å². The standard InChI is InChI=1S/C23H18F2N4O2/c1-2-11-28-13-17(22(30)26-12-16-19(24)9-6-10-20(16)25)21-18(14-28)23(31)29(27-21)15-7-4-3-5-8-15/h2-10,13-14H,1,11-12H2,(H,26,30). The van der Waals surface area contributed by atoms with E-state index in [1.54, 1.807) is 41.1 Å². The van der Waals surface area contributed by atoms with Crippen LogP contribution in [0.2, 0.25) is 0 Å². The lowest BCUT2D eigenvalue weighted by Crippen LogP contribution is -2.26. The maximum Gasteiger partial charge on any atom is 0.282 e. The summed E-state index contributed by atoms with van der Waals surface area (Å²) in [4.78, 5) is 25.9. The summed E-state index contributed by atoms with van der Waals surface area (Å²) in [5.41, 5.74) is 0.480. The molecule has 0 saturated heterocycles. The number of amides is 1. The number of nitrogens with zero attached hydrogens (tertiary/aromatic N) is 3. The summed E-state index contributed by atoms with van der Waals surface area (Å²) in [6.07, 6.45) is 4.74. The fourth-order valence-corrected chi connectivity index (χ4v) is 3.29. The topological polar surface area (TPSA) is 68.9 Å². The summed E-state index contributed by atoms with van der Waals surface area (Å²) in [7, 11) is 0. The van der Waals surface area contributed by atoms with Crippen LogP contribution < -0.4 is 10.9 Å². The Bertz CT molecular complexity index is 1270. The molecule has 0 fully saturated rings. The molecule has 0 radical (unpaired) electrons. The molecule has 2 aliphatic rings. The van der Waals surface area contributed by atoms with Crippen molar-refractivity contribution in [2.24, 2.45) is 0 Å². The monoisotopic (exact) mass is 420 g/mol. The zero-order valence-corrected chi connectivity index (χ0v) is 16.4. The van der Waals surface area contributed by atoms with Gasteiger partial charge < -0.3 is 9.88 Å². The fraction of sp³-hybridized carbons (Fsp3) is 0.0870. The summed E-state index contributed by atoms with van der Waals surface area (Å²) in [6.45, 7) is 3.68. The second kappa shape index (κ2) is 8.35. The molecule has 6 nitrogen and oxygen atoms in total. The lowest BCUT2D eigenvalue weighted by atomic mass is 10.1. The minimum Gasteiger partial charge on any atom is -0.349 e. The van der Waals surface area contributed by atoms with E-state index in [4.69, 9.17) is 0 Å². The smallest absolute Gasteiger partial charge is 0.282 e. The Labute approximate surface area is 176 Å².